The van der Waals surface area contributed by atoms with Gasteiger partial charge in [-0.25, -0.2) is 0 Å². The Bertz CT molecular complexity index is 497. The minimum absolute atomic E-state index is 0.503. The van der Waals surface area contributed by atoms with E-state index in [1.54, 1.807) is 12.3 Å². The number of aldehydes is 1. The van der Waals surface area contributed by atoms with Crippen molar-refractivity contribution in [1.29, 1.82) is 0 Å². The van der Waals surface area contributed by atoms with E-state index in [9.17, 15) is 4.79 Å². The Hall–Kier alpha value is -1.43. The Morgan fingerprint density at radius 3 is 2.56 bits per heavy atom. The first-order valence-electron chi connectivity index (χ1n) is 4.61. The topological polar surface area (TPSA) is 39.2 Å². The molecule has 2 aromatic rings. The Morgan fingerprint density at radius 1 is 1.12 bits per heavy atom. The summed E-state index contributed by atoms with van der Waals surface area (Å²) in [5.41, 5.74) is 0.503. The highest BCUT2D eigenvalue weighted by Crippen LogP contribution is 2.21. The Labute approximate surface area is 107 Å². The number of aromatic nitrogens is 1. The lowest BCUT2D eigenvalue weighted by atomic mass is 10.3. The molecular weight excluding hydrogens is 317 g/mol. The van der Waals surface area contributed by atoms with Crippen LogP contribution in [0.5, 0.6) is 11.5 Å². The van der Waals surface area contributed by atoms with Crippen LogP contribution in [0.4, 0.5) is 0 Å². The average Bonchev–Trinajstić information content (AvgIpc) is 2.32. The largest absolute Gasteiger partial charge is 0.456 e. The van der Waals surface area contributed by atoms with Crippen molar-refractivity contribution in [2.24, 2.45) is 0 Å². The molecule has 0 aliphatic carbocycles. The van der Waals surface area contributed by atoms with Crippen molar-refractivity contribution >= 4 is 28.9 Å². The van der Waals surface area contributed by atoms with Crippen LogP contribution in [0.25, 0.3) is 0 Å². The fourth-order valence-electron chi connectivity index (χ4n) is 1.19. The zero-order valence-electron chi connectivity index (χ0n) is 8.26. The van der Waals surface area contributed by atoms with Crippen LogP contribution in [0.2, 0.25) is 0 Å². The van der Waals surface area contributed by atoms with Crippen LogP contribution >= 0.6 is 22.6 Å². The summed E-state index contributed by atoms with van der Waals surface area (Å²) in [6, 6.07) is 9.29. The van der Waals surface area contributed by atoms with E-state index in [4.69, 9.17) is 4.74 Å². The third kappa shape index (κ3) is 2.79. The van der Waals surface area contributed by atoms with Gasteiger partial charge in [-0.15, -0.1) is 0 Å². The number of nitrogens with zero attached hydrogens (tertiary/aromatic N) is 1. The van der Waals surface area contributed by atoms with Crippen LogP contribution in [0, 0.1) is 3.57 Å². The van der Waals surface area contributed by atoms with Gasteiger partial charge in [-0.3, -0.25) is 9.78 Å². The van der Waals surface area contributed by atoms with E-state index < -0.39 is 0 Å². The van der Waals surface area contributed by atoms with Crippen LogP contribution in [0.15, 0.2) is 42.7 Å². The van der Waals surface area contributed by atoms with Crippen molar-refractivity contribution in [2.45, 2.75) is 0 Å². The zero-order valence-corrected chi connectivity index (χ0v) is 10.4. The van der Waals surface area contributed by atoms with E-state index in [2.05, 4.69) is 27.6 Å². The van der Waals surface area contributed by atoms with E-state index in [1.807, 2.05) is 24.3 Å². The van der Waals surface area contributed by atoms with Crippen LogP contribution in [-0.2, 0) is 0 Å². The van der Waals surface area contributed by atoms with Crippen LogP contribution in [-0.4, -0.2) is 11.3 Å². The molecule has 0 atom stereocenters. The minimum atomic E-state index is 0.503. The van der Waals surface area contributed by atoms with E-state index >= 15 is 0 Å². The summed E-state index contributed by atoms with van der Waals surface area (Å²) < 4.78 is 6.69. The second kappa shape index (κ2) is 5.07. The molecule has 0 spiro atoms. The molecule has 0 amide bonds. The van der Waals surface area contributed by atoms with Crippen LogP contribution in [0.3, 0.4) is 0 Å². The fraction of sp³-hybridized carbons (Fsp3) is 0. The van der Waals surface area contributed by atoms with Crippen molar-refractivity contribution in [3.63, 3.8) is 0 Å². The third-order valence-corrected chi connectivity index (χ3v) is 2.64. The molecule has 1 aromatic carbocycles. The second-order valence-corrected chi connectivity index (χ2v) is 4.37. The number of hydrogen-bond acceptors (Lipinski definition) is 3. The molecule has 0 aliphatic rings. The lowest BCUT2D eigenvalue weighted by Crippen LogP contribution is -1.88. The number of halogens is 1. The molecule has 0 unspecified atom stereocenters. The molecule has 0 radical (unpaired) electrons. The summed E-state index contributed by atoms with van der Waals surface area (Å²) in [5, 5.41) is 0. The average molecular weight is 325 g/mol. The van der Waals surface area contributed by atoms with Crippen molar-refractivity contribution < 1.29 is 9.53 Å². The summed E-state index contributed by atoms with van der Waals surface area (Å²) in [5.74, 6) is 1.29. The first-order chi connectivity index (χ1) is 7.78. The molecule has 0 N–H and O–H groups in total. The minimum Gasteiger partial charge on any atom is -0.456 e. The first-order valence-corrected chi connectivity index (χ1v) is 5.69. The smallest absolute Gasteiger partial charge is 0.151 e. The van der Waals surface area contributed by atoms with Gasteiger partial charge in [-0.1, -0.05) is 0 Å². The van der Waals surface area contributed by atoms with Gasteiger partial charge in [0.25, 0.3) is 0 Å². The molecule has 80 valence electrons. The normalized spacial score (nSPS) is 9.81. The van der Waals surface area contributed by atoms with E-state index in [0.717, 1.165) is 15.6 Å². The molecule has 0 saturated carbocycles. The summed E-state index contributed by atoms with van der Waals surface area (Å²) in [4.78, 5) is 14.5. The number of ether oxygens (including phenoxy) is 1. The molecular formula is C12H8INO2. The van der Waals surface area contributed by atoms with Gasteiger partial charge in [-0.05, 0) is 52.9 Å². The molecule has 16 heavy (non-hydrogen) atoms. The van der Waals surface area contributed by atoms with E-state index in [1.165, 1.54) is 6.20 Å². The molecule has 0 bridgehead atoms. The number of carbonyl (C=O) groups excluding carboxylic acids is 1. The molecule has 1 heterocycles. The lowest BCUT2D eigenvalue weighted by Gasteiger charge is -2.05. The molecule has 2 rings (SSSR count). The standard InChI is InChI=1S/C12H8INO2/c13-10-1-3-11(4-2-10)16-12-5-9(8-15)6-14-7-12/h1-8H. The molecule has 0 saturated heterocycles. The number of rotatable bonds is 3. The van der Waals surface area contributed by atoms with Gasteiger partial charge in [0.2, 0.25) is 0 Å². The lowest BCUT2D eigenvalue weighted by molar-refractivity contribution is 0.112. The molecule has 1 aromatic heterocycles. The number of carbonyl (C=O) groups is 1. The van der Waals surface area contributed by atoms with Crippen LogP contribution in [0.1, 0.15) is 10.4 Å². The summed E-state index contributed by atoms with van der Waals surface area (Å²) in [6.07, 6.45) is 3.81. The third-order valence-electron chi connectivity index (χ3n) is 1.92. The van der Waals surface area contributed by atoms with Gasteiger partial charge < -0.3 is 4.74 Å². The van der Waals surface area contributed by atoms with Crippen molar-refractivity contribution in [2.75, 3.05) is 0 Å². The van der Waals surface area contributed by atoms with Gasteiger partial charge in [0, 0.05) is 15.3 Å². The SMILES string of the molecule is O=Cc1cncc(Oc2ccc(I)cc2)c1. The summed E-state index contributed by atoms with van der Waals surface area (Å²) in [7, 11) is 0. The highest BCUT2D eigenvalue weighted by molar-refractivity contribution is 14.1. The van der Waals surface area contributed by atoms with Crippen LogP contribution < -0.4 is 4.74 Å². The quantitative estimate of drug-likeness (QED) is 0.642. The first kappa shape index (κ1) is 11.1. The molecule has 0 fully saturated rings. The molecule has 0 aliphatic heterocycles. The number of benzene rings is 1. The summed E-state index contributed by atoms with van der Waals surface area (Å²) >= 11 is 2.22. The van der Waals surface area contributed by atoms with E-state index in [0.29, 0.717) is 11.3 Å². The molecule has 4 heteroatoms. The number of hydrogen-bond donors (Lipinski definition) is 0. The number of pyridine rings is 1. The Balaban J connectivity index is 2.20. The molecule has 3 nitrogen and oxygen atoms in total. The maximum absolute atomic E-state index is 10.6. The highest BCUT2D eigenvalue weighted by atomic mass is 127. The maximum atomic E-state index is 10.6. The fourth-order valence-corrected chi connectivity index (χ4v) is 1.55. The van der Waals surface area contributed by atoms with Gasteiger partial charge in [-0.2, -0.15) is 0 Å². The van der Waals surface area contributed by atoms with Gasteiger partial charge in [0.15, 0.2) is 6.29 Å². The van der Waals surface area contributed by atoms with Gasteiger partial charge in [0.05, 0.1) is 6.20 Å². The summed E-state index contributed by atoms with van der Waals surface area (Å²) in [6.45, 7) is 0. The van der Waals surface area contributed by atoms with Gasteiger partial charge in [0.1, 0.15) is 11.5 Å². The predicted octanol–water partition coefficient (Wildman–Crippen LogP) is 3.29. The second-order valence-electron chi connectivity index (χ2n) is 3.13. The Kier molecular flexibility index (Phi) is 3.51. The van der Waals surface area contributed by atoms with Crippen molar-refractivity contribution in [3.8, 4) is 11.5 Å². The van der Waals surface area contributed by atoms with Crippen molar-refractivity contribution in [1.82, 2.24) is 4.98 Å². The monoisotopic (exact) mass is 325 g/mol. The maximum Gasteiger partial charge on any atom is 0.151 e. The zero-order chi connectivity index (χ0) is 11.4. The van der Waals surface area contributed by atoms with Crippen molar-refractivity contribution in [3.05, 3.63) is 51.9 Å². The van der Waals surface area contributed by atoms with Gasteiger partial charge >= 0.3 is 0 Å². The Morgan fingerprint density at radius 2 is 1.88 bits per heavy atom. The van der Waals surface area contributed by atoms with E-state index in [-0.39, 0.29) is 0 Å². The highest BCUT2D eigenvalue weighted by Gasteiger charge is 1.99. The predicted molar refractivity (Wildman–Crippen MR) is 68.9 cm³/mol.